The van der Waals surface area contributed by atoms with Gasteiger partial charge < -0.3 is 5.11 Å². The van der Waals surface area contributed by atoms with Gasteiger partial charge in [-0.15, -0.1) is 0 Å². The zero-order chi connectivity index (χ0) is 5.70. The van der Waals surface area contributed by atoms with Crippen molar-refractivity contribution in [3.8, 4) is 0 Å². The number of hydrogen-bond donors (Lipinski definition) is 2. The predicted molar refractivity (Wildman–Crippen MR) is 34.7 cm³/mol. The van der Waals surface area contributed by atoms with Crippen LogP contribution >= 0.6 is 12.6 Å². The summed E-state index contributed by atoms with van der Waals surface area (Å²) in [5.41, 5.74) is 0. The highest BCUT2D eigenvalue weighted by Crippen LogP contribution is 1.99. The van der Waals surface area contributed by atoms with Crippen LogP contribution in [-0.4, -0.2) is 17.5 Å². The van der Waals surface area contributed by atoms with E-state index in [1.165, 1.54) is 0 Å². The van der Waals surface area contributed by atoms with Crippen molar-refractivity contribution in [3.05, 3.63) is 0 Å². The molecule has 44 valence electrons. The van der Waals surface area contributed by atoms with E-state index in [1.807, 2.05) is 6.92 Å². The minimum atomic E-state index is 0.292. The van der Waals surface area contributed by atoms with E-state index in [1.54, 1.807) is 0 Å². The molecule has 0 amide bonds. The molecule has 0 heterocycles. The van der Waals surface area contributed by atoms with Crippen LogP contribution in [0, 0.1) is 5.92 Å². The monoisotopic (exact) mass is 120 g/mol. The Labute approximate surface area is 50.1 Å². The maximum atomic E-state index is 8.43. The molecule has 1 N–H and O–H groups in total. The van der Waals surface area contributed by atoms with E-state index in [0.29, 0.717) is 12.5 Å². The van der Waals surface area contributed by atoms with E-state index in [-0.39, 0.29) is 0 Å². The molecule has 1 atom stereocenters. The van der Waals surface area contributed by atoms with Crippen molar-refractivity contribution in [1.82, 2.24) is 0 Å². The summed E-state index contributed by atoms with van der Waals surface area (Å²) in [6, 6.07) is 0. The van der Waals surface area contributed by atoms with Crippen molar-refractivity contribution in [1.29, 1.82) is 0 Å². The number of rotatable bonds is 3. The van der Waals surface area contributed by atoms with Crippen molar-refractivity contribution >= 4 is 12.6 Å². The van der Waals surface area contributed by atoms with Gasteiger partial charge in [0, 0.05) is 6.61 Å². The first-order chi connectivity index (χ1) is 3.31. The number of thiol groups is 1. The molecule has 2 heteroatoms. The van der Waals surface area contributed by atoms with Gasteiger partial charge in [-0.2, -0.15) is 12.6 Å². The van der Waals surface area contributed by atoms with Gasteiger partial charge in [-0.1, -0.05) is 6.92 Å². The average Bonchev–Trinajstić information content (AvgIpc) is 1.68. The Morgan fingerprint density at radius 2 is 2.29 bits per heavy atom. The third-order valence-corrected chi connectivity index (χ3v) is 1.19. The molecule has 0 saturated heterocycles. The Bertz CT molecular complexity index is 39.1. The lowest BCUT2D eigenvalue weighted by Gasteiger charge is -2.01. The second-order valence-electron chi connectivity index (χ2n) is 1.80. The fourth-order valence-electron chi connectivity index (χ4n) is 0.312. The first kappa shape index (κ1) is 7.31. The summed E-state index contributed by atoms with van der Waals surface area (Å²) >= 11 is 4.00. The number of aliphatic hydroxyl groups excluding tert-OH is 1. The van der Waals surface area contributed by atoms with Crippen molar-refractivity contribution in [2.45, 2.75) is 13.3 Å². The van der Waals surface area contributed by atoms with Crippen LogP contribution in [0.2, 0.25) is 0 Å². The second kappa shape index (κ2) is 4.47. The summed E-state index contributed by atoms with van der Waals surface area (Å²) in [7, 11) is 0. The number of aliphatic hydroxyl groups is 1. The maximum Gasteiger partial charge on any atom is 0.0456 e. The van der Waals surface area contributed by atoms with E-state index >= 15 is 0 Å². The Balaban J connectivity index is 2.83. The van der Waals surface area contributed by atoms with Gasteiger partial charge >= 0.3 is 0 Å². The second-order valence-corrected chi connectivity index (χ2v) is 2.25. The van der Waals surface area contributed by atoms with Gasteiger partial charge in [0.1, 0.15) is 0 Å². The lowest BCUT2D eigenvalue weighted by Crippen LogP contribution is -1.99. The zero-order valence-corrected chi connectivity index (χ0v) is 5.49. The van der Waals surface area contributed by atoms with E-state index < -0.39 is 0 Å². The minimum absolute atomic E-state index is 0.292. The van der Waals surface area contributed by atoms with E-state index in [2.05, 4.69) is 12.6 Å². The summed E-state index contributed by atoms with van der Waals surface area (Å²) < 4.78 is 0. The van der Waals surface area contributed by atoms with Crippen LogP contribution in [0.5, 0.6) is 0 Å². The third-order valence-electron chi connectivity index (χ3n) is 0.934. The molecule has 0 aromatic rings. The fraction of sp³-hybridized carbons (Fsp3) is 1.00. The molecule has 0 fully saturated rings. The minimum Gasteiger partial charge on any atom is -0.396 e. The molecule has 0 aliphatic heterocycles. The average molecular weight is 120 g/mol. The summed E-state index contributed by atoms with van der Waals surface area (Å²) in [5.74, 6) is 1.30. The lowest BCUT2D eigenvalue weighted by atomic mass is 10.1. The van der Waals surface area contributed by atoms with Gasteiger partial charge in [-0.3, -0.25) is 0 Å². The highest BCUT2D eigenvalue weighted by Gasteiger charge is 1.94. The van der Waals surface area contributed by atoms with E-state index in [9.17, 15) is 0 Å². The van der Waals surface area contributed by atoms with Gasteiger partial charge in [-0.05, 0) is 18.1 Å². The first-order valence-electron chi connectivity index (χ1n) is 2.53. The van der Waals surface area contributed by atoms with Crippen LogP contribution in [0.3, 0.4) is 0 Å². The van der Waals surface area contributed by atoms with Gasteiger partial charge in [0.05, 0.1) is 0 Å². The summed E-state index contributed by atoms with van der Waals surface area (Å²) in [4.78, 5) is 0. The molecule has 0 bridgehead atoms. The molecule has 0 aromatic heterocycles. The molecule has 0 aliphatic carbocycles. The standard InChI is InChI=1S/C5H12OS/c1-5(4-6)2-3-7/h5-7H,2-4H2,1H3. The molecule has 0 aliphatic rings. The van der Waals surface area contributed by atoms with Crippen LogP contribution in [0.15, 0.2) is 0 Å². The van der Waals surface area contributed by atoms with E-state index in [0.717, 1.165) is 12.2 Å². The lowest BCUT2D eigenvalue weighted by molar-refractivity contribution is 0.235. The SMILES string of the molecule is CC(CO)CCS. The third kappa shape index (κ3) is 4.16. The molecule has 7 heavy (non-hydrogen) atoms. The van der Waals surface area contributed by atoms with Crippen molar-refractivity contribution < 1.29 is 5.11 Å². The summed E-state index contributed by atoms with van der Waals surface area (Å²) in [6.45, 7) is 2.30. The first-order valence-corrected chi connectivity index (χ1v) is 3.16. The Morgan fingerprint density at radius 3 is 2.43 bits per heavy atom. The van der Waals surface area contributed by atoms with Gasteiger partial charge in [-0.25, -0.2) is 0 Å². The largest absolute Gasteiger partial charge is 0.396 e. The summed E-state index contributed by atoms with van der Waals surface area (Å²) in [6.07, 6.45) is 1.01. The summed E-state index contributed by atoms with van der Waals surface area (Å²) in [5, 5.41) is 8.43. The number of hydrogen-bond acceptors (Lipinski definition) is 2. The Morgan fingerprint density at radius 1 is 1.71 bits per heavy atom. The zero-order valence-electron chi connectivity index (χ0n) is 4.59. The van der Waals surface area contributed by atoms with Gasteiger partial charge in [0.15, 0.2) is 0 Å². The molecule has 0 spiro atoms. The van der Waals surface area contributed by atoms with Crippen molar-refractivity contribution in [2.24, 2.45) is 5.92 Å². The fourth-order valence-corrected chi connectivity index (χ4v) is 0.752. The highest BCUT2D eigenvalue weighted by molar-refractivity contribution is 7.80. The molecule has 0 radical (unpaired) electrons. The Kier molecular flexibility index (Phi) is 4.67. The topological polar surface area (TPSA) is 20.2 Å². The van der Waals surface area contributed by atoms with Crippen LogP contribution < -0.4 is 0 Å². The molecule has 1 nitrogen and oxygen atoms in total. The van der Waals surface area contributed by atoms with Crippen molar-refractivity contribution in [2.75, 3.05) is 12.4 Å². The van der Waals surface area contributed by atoms with Crippen molar-refractivity contribution in [3.63, 3.8) is 0 Å². The Hall–Kier alpha value is 0.310. The normalized spacial score (nSPS) is 14.1. The molecule has 0 aromatic carbocycles. The molecule has 0 rings (SSSR count). The molecule has 0 saturated carbocycles. The smallest absolute Gasteiger partial charge is 0.0456 e. The van der Waals surface area contributed by atoms with Crippen LogP contribution in [0.25, 0.3) is 0 Å². The van der Waals surface area contributed by atoms with Gasteiger partial charge in [0.25, 0.3) is 0 Å². The van der Waals surface area contributed by atoms with Crippen LogP contribution in [-0.2, 0) is 0 Å². The molecular formula is C5H12OS. The highest BCUT2D eigenvalue weighted by atomic mass is 32.1. The predicted octanol–water partition coefficient (Wildman–Crippen LogP) is 0.935. The molecular weight excluding hydrogens is 108 g/mol. The van der Waals surface area contributed by atoms with Gasteiger partial charge in [0.2, 0.25) is 0 Å². The maximum absolute atomic E-state index is 8.43. The van der Waals surface area contributed by atoms with Crippen LogP contribution in [0.4, 0.5) is 0 Å². The van der Waals surface area contributed by atoms with Crippen LogP contribution in [0.1, 0.15) is 13.3 Å². The quantitative estimate of drug-likeness (QED) is 0.531. The van der Waals surface area contributed by atoms with E-state index in [4.69, 9.17) is 5.11 Å². The molecule has 1 unspecified atom stereocenters.